The lowest BCUT2D eigenvalue weighted by atomic mass is 10.00. The molecule has 0 spiro atoms. The number of ether oxygens (including phenoxy) is 1. The fourth-order valence-corrected chi connectivity index (χ4v) is 4.07. The Balaban J connectivity index is 2.45. The Labute approximate surface area is 224 Å². The summed E-state index contributed by atoms with van der Waals surface area (Å²) in [6.45, 7) is 10.7. The standard InChI is InChI=1S/C28H38ClN3O5/c1-7-8-9-15-32(23(34)17-30-27(36)37-28(4,5)6)25(20-13-14-22(33)19(3)16-20)26(35)31-24-18(2)11-10-12-21(24)29/h10-14,16,25,33H,7-9,15,17H2,1-6H3,(H,30,36)(H,31,35). The molecule has 37 heavy (non-hydrogen) atoms. The number of hydrogen-bond donors (Lipinski definition) is 3. The number of carbonyl (C=O) groups is 3. The molecule has 1 unspecified atom stereocenters. The molecule has 3 amide bonds. The van der Waals surface area contributed by atoms with Crippen LogP contribution in [-0.2, 0) is 14.3 Å². The summed E-state index contributed by atoms with van der Waals surface area (Å²) in [5.41, 5.74) is 1.61. The number of carbonyl (C=O) groups excluding carboxylic acids is 3. The van der Waals surface area contributed by atoms with Crippen LogP contribution in [-0.4, -0.2) is 46.6 Å². The Morgan fingerprint density at radius 3 is 2.38 bits per heavy atom. The van der Waals surface area contributed by atoms with Crippen molar-refractivity contribution in [3.05, 3.63) is 58.1 Å². The molecule has 0 aromatic heterocycles. The molecule has 0 aliphatic carbocycles. The van der Waals surface area contributed by atoms with Crippen LogP contribution in [0.5, 0.6) is 5.75 Å². The molecule has 0 aliphatic rings. The molecule has 0 saturated heterocycles. The lowest BCUT2D eigenvalue weighted by Gasteiger charge is -2.32. The number of nitrogens with zero attached hydrogens (tertiary/aromatic N) is 1. The maximum Gasteiger partial charge on any atom is 0.408 e. The van der Waals surface area contributed by atoms with Crippen molar-refractivity contribution in [2.45, 2.75) is 72.4 Å². The van der Waals surface area contributed by atoms with Crippen molar-refractivity contribution >= 4 is 35.2 Å². The van der Waals surface area contributed by atoms with Crippen LogP contribution in [0.3, 0.4) is 0 Å². The van der Waals surface area contributed by atoms with E-state index >= 15 is 0 Å². The number of unbranched alkanes of at least 4 members (excludes halogenated alkanes) is 2. The van der Waals surface area contributed by atoms with E-state index in [9.17, 15) is 19.5 Å². The van der Waals surface area contributed by atoms with Crippen LogP contribution < -0.4 is 10.6 Å². The monoisotopic (exact) mass is 531 g/mol. The highest BCUT2D eigenvalue weighted by Crippen LogP contribution is 2.31. The van der Waals surface area contributed by atoms with Crippen LogP contribution in [0.15, 0.2) is 36.4 Å². The molecule has 0 saturated carbocycles. The summed E-state index contributed by atoms with van der Waals surface area (Å²) in [6.07, 6.45) is 1.73. The molecular weight excluding hydrogens is 494 g/mol. The number of hydrogen-bond acceptors (Lipinski definition) is 5. The highest BCUT2D eigenvalue weighted by Gasteiger charge is 2.32. The second-order valence-electron chi connectivity index (χ2n) is 10.0. The van der Waals surface area contributed by atoms with Gasteiger partial charge in [-0.15, -0.1) is 0 Å². The van der Waals surface area contributed by atoms with Gasteiger partial charge in [0.1, 0.15) is 23.9 Å². The third kappa shape index (κ3) is 8.97. The van der Waals surface area contributed by atoms with Crippen molar-refractivity contribution < 1.29 is 24.2 Å². The highest BCUT2D eigenvalue weighted by atomic mass is 35.5. The molecule has 8 nitrogen and oxygen atoms in total. The number of halogens is 1. The second-order valence-corrected chi connectivity index (χ2v) is 10.4. The summed E-state index contributed by atoms with van der Waals surface area (Å²) in [5.74, 6) is -0.813. The summed E-state index contributed by atoms with van der Waals surface area (Å²) < 4.78 is 5.25. The third-order valence-electron chi connectivity index (χ3n) is 5.67. The average Bonchev–Trinajstić information content (AvgIpc) is 2.80. The number of nitrogens with one attached hydrogen (secondary N) is 2. The van der Waals surface area contributed by atoms with Crippen molar-refractivity contribution in [3.63, 3.8) is 0 Å². The molecule has 9 heteroatoms. The first-order chi connectivity index (χ1) is 17.3. The minimum absolute atomic E-state index is 0.0836. The van der Waals surface area contributed by atoms with Gasteiger partial charge in [-0.1, -0.05) is 49.6 Å². The summed E-state index contributed by atoms with van der Waals surface area (Å²) >= 11 is 6.36. The lowest BCUT2D eigenvalue weighted by molar-refractivity contribution is -0.138. The number of aryl methyl sites for hydroxylation is 2. The van der Waals surface area contributed by atoms with Crippen molar-refractivity contribution in [2.24, 2.45) is 0 Å². The van der Waals surface area contributed by atoms with Crippen LogP contribution in [0, 0.1) is 13.8 Å². The van der Waals surface area contributed by atoms with Gasteiger partial charge in [-0.25, -0.2) is 4.79 Å². The number of aromatic hydroxyl groups is 1. The first kappa shape index (κ1) is 30.0. The predicted molar refractivity (Wildman–Crippen MR) is 146 cm³/mol. The van der Waals surface area contributed by atoms with E-state index in [1.54, 1.807) is 52.0 Å². The largest absolute Gasteiger partial charge is 0.508 e. The van der Waals surface area contributed by atoms with E-state index in [0.717, 1.165) is 18.4 Å². The number of anilines is 1. The van der Waals surface area contributed by atoms with E-state index in [2.05, 4.69) is 10.6 Å². The fraction of sp³-hybridized carbons (Fsp3) is 0.464. The summed E-state index contributed by atoms with van der Waals surface area (Å²) in [6, 6.07) is 9.07. The van der Waals surface area contributed by atoms with E-state index in [1.807, 2.05) is 19.9 Å². The maximum absolute atomic E-state index is 13.8. The number of amides is 3. The van der Waals surface area contributed by atoms with Gasteiger partial charge in [0.25, 0.3) is 5.91 Å². The van der Waals surface area contributed by atoms with Crippen molar-refractivity contribution in [2.75, 3.05) is 18.4 Å². The van der Waals surface area contributed by atoms with Crippen LogP contribution in [0.4, 0.5) is 10.5 Å². The quantitative estimate of drug-likeness (QED) is 0.331. The summed E-state index contributed by atoms with van der Waals surface area (Å²) in [4.78, 5) is 40.9. The van der Waals surface area contributed by atoms with Crippen molar-refractivity contribution in [3.8, 4) is 5.75 Å². The van der Waals surface area contributed by atoms with Crippen molar-refractivity contribution in [1.82, 2.24) is 10.2 Å². The van der Waals surface area contributed by atoms with E-state index < -0.39 is 29.6 Å². The van der Waals surface area contributed by atoms with Gasteiger partial charge >= 0.3 is 6.09 Å². The topological polar surface area (TPSA) is 108 Å². The molecule has 0 heterocycles. The van der Waals surface area contributed by atoms with Gasteiger partial charge in [0.15, 0.2) is 0 Å². The Bertz CT molecular complexity index is 1090. The zero-order chi connectivity index (χ0) is 27.8. The Morgan fingerprint density at radius 2 is 1.78 bits per heavy atom. The van der Waals surface area contributed by atoms with Gasteiger partial charge < -0.3 is 25.4 Å². The number of benzene rings is 2. The number of para-hydroxylation sites is 1. The van der Waals surface area contributed by atoms with Gasteiger partial charge in [0, 0.05) is 6.54 Å². The molecule has 2 aromatic carbocycles. The Morgan fingerprint density at radius 1 is 1.08 bits per heavy atom. The molecule has 0 radical (unpaired) electrons. The van der Waals surface area contributed by atoms with Gasteiger partial charge in [0.2, 0.25) is 5.91 Å². The molecule has 2 aromatic rings. The molecule has 3 N–H and O–H groups in total. The highest BCUT2D eigenvalue weighted by molar-refractivity contribution is 6.34. The maximum atomic E-state index is 13.8. The van der Waals surface area contributed by atoms with Crippen LogP contribution in [0.1, 0.15) is 69.7 Å². The van der Waals surface area contributed by atoms with Gasteiger partial charge in [-0.3, -0.25) is 9.59 Å². The van der Waals surface area contributed by atoms with Gasteiger partial charge in [-0.05, 0) is 75.9 Å². The smallest absolute Gasteiger partial charge is 0.408 e. The van der Waals surface area contributed by atoms with Gasteiger partial charge in [-0.2, -0.15) is 0 Å². The predicted octanol–water partition coefficient (Wildman–Crippen LogP) is 5.89. The summed E-state index contributed by atoms with van der Waals surface area (Å²) in [5, 5.41) is 15.8. The SMILES string of the molecule is CCCCCN(C(=O)CNC(=O)OC(C)(C)C)C(C(=O)Nc1c(C)cccc1Cl)c1ccc(O)c(C)c1. The first-order valence-electron chi connectivity index (χ1n) is 12.5. The minimum Gasteiger partial charge on any atom is -0.508 e. The number of phenolic OH excluding ortho intramolecular Hbond substituents is 1. The van der Waals surface area contributed by atoms with E-state index in [1.165, 1.54) is 11.0 Å². The Hall–Kier alpha value is -3.26. The second kappa shape index (κ2) is 13.3. The number of phenols is 1. The number of alkyl carbamates (subject to hydrolysis) is 1. The first-order valence-corrected chi connectivity index (χ1v) is 12.8. The number of rotatable bonds is 10. The molecule has 0 aliphatic heterocycles. The van der Waals surface area contributed by atoms with E-state index in [-0.39, 0.29) is 12.3 Å². The molecule has 0 fully saturated rings. The minimum atomic E-state index is -1.03. The molecule has 202 valence electrons. The average molecular weight is 532 g/mol. The molecule has 0 bridgehead atoms. The van der Waals surface area contributed by atoms with Crippen molar-refractivity contribution in [1.29, 1.82) is 0 Å². The normalized spacial score (nSPS) is 12.0. The molecular formula is C28H38ClN3O5. The fourth-order valence-electron chi connectivity index (χ4n) is 3.80. The van der Waals surface area contributed by atoms with Gasteiger partial charge in [0.05, 0.1) is 10.7 Å². The zero-order valence-corrected chi connectivity index (χ0v) is 23.2. The lowest BCUT2D eigenvalue weighted by Crippen LogP contribution is -2.47. The Kier molecular flexibility index (Phi) is 10.8. The van der Waals surface area contributed by atoms with E-state index in [4.69, 9.17) is 16.3 Å². The molecule has 2 rings (SSSR count). The van der Waals surface area contributed by atoms with Crippen LogP contribution in [0.25, 0.3) is 0 Å². The van der Waals surface area contributed by atoms with Crippen LogP contribution >= 0.6 is 11.6 Å². The molecule has 1 atom stereocenters. The van der Waals surface area contributed by atoms with Crippen LogP contribution in [0.2, 0.25) is 5.02 Å². The van der Waals surface area contributed by atoms with E-state index in [0.29, 0.717) is 34.8 Å². The zero-order valence-electron chi connectivity index (χ0n) is 22.5. The third-order valence-corrected chi connectivity index (χ3v) is 5.99. The summed E-state index contributed by atoms with van der Waals surface area (Å²) in [7, 11) is 0.